The smallest absolute Gasteiger partial charge is 0.345 e. The van der Waals surface area contributed by atoms with Crippen LogP contribution in [0.3, 0.4) is 0 Å². The predicted molar refractivity (Wildman–Crippen MR) is 89.2 cm³/mol. The van der Waals surface area contributed by atoms with Crippen LogP contribution < -0.4 is 14.2 Å². The summed E-state index contributed by atoms with van der Waals surface area (Å²) in [5.74, 6) is 0.999. The Labute approximate surface area is 144 Å². The second kappa shape index (κ2) is 6.95. The lowest BCUT2D eigenvalue weighted by atomic mass is 10.0. The van der Waals surface area contributed by atoms with Gasteiger partial charge < -0.3 is 19.3 Å². The zero-order valence-electron chi connectivity index (χ0n) is 12.9. The SMILES string of the molecule is COc1cccc(OC(=O)C2=Cc3cc(CCl)ccc3OC2O)c1. The van der Waals surface area contributed by atoms with Crippen molar-refractivity contribution in [2.45, 2.75) is 12.2 Å². The van der Waals surface area contributed by atoms with Gasteiger partial charge in [0.1, 0.15) is 22.8 Å². The molecule has 1 atom stereocenters. The van der Waals surface area contributed by atoms with Crippen molar-refractivity contribution in [2.24, 2.45) is 0 Å². The fourth-order valence-corrected chi connectivity index (χ4v) is 2.48. The van der Waals surface area contributed by atoms with E-state index in [0.717, 1.165) is 5.56 Å². The third-order valence-electron chi connectivity index (χ3n) is 3.53. The van der Waals surface area contributed by atoms with E-state index < -0.39 is 12.3 Å². The summed E-state index contributed by atoms with van der Waals surface area (Å²) in [6, 6.07) is 11.9. The molecule has 0 bridgehead atoms. The summed E-state index contributed by atoms with van der Waals surface area (Å²) in [6.45, 7) is 0. The first kappa shape index (κ1) is 16.4. The minimum atomic E-state index is -1.39. The number of ether oxygens (including phenoxy) is 3. The van der Waals surface area contributed by atoms with Gasteiger partial charge in [-0.15, -0.1) is 11.6 Å². The summed E-state index contributed by atoms with van der Waals surface area (Å²) in [4.78, 5) is 12.3. The van der Waals surface area contributed by atoms with E-state index in [2.05, 4.69) is 0 Å². The van der Waals surface area contributed by atoms with Gasteiger partial charge in [-0.1, -0.05) is 12.1 Å². The molecule has 0 aliphatic carbocycles. The fraction of sp³-hybridized carbons (Fsp3) is 0.167. The molecule has 0 amide bonds. The van der Waals surface area contributed by atoms with Gasteiger partial charge in [0.05, 0.1) is 7.11 Å². The molecule has 24 heavy (non-hydrogen) atoms. The molecule has 2 aromatic rings. The maximum absolute atomic E-state index is 12.3. The Balaban J connectivity index is 1.86. The first-order valence-electron chi connectivity index (χ1n) is 7.22. The molecule has 0 fully saturated rings. The highest BCUT2D eigenvalue weighted by atomic mass is 35.5. The molecule has 124 valence electrons. The molecule has 5 nitrogen and oxygen atoms in total. The van der Waals surface area contributed by atoms with Crippen LogP contribution in [0.2, 0.25) is 0 Å². The number of alkyl halides is 1. The molecule has 0 spiro atoms. The van der Waals surface area contributed by atoms with Gasteiger partial charge in [-0.05, 0) is 35.9 Å². The summed E-state index contributed by atoms with van der Waals surface area (Å²) < 4.78 is 15.7. The van der Waals surface area contributed by atoms with E-state index in [4.69, 9.17) is 25.8 Å². The summed E-state index contributed by atoms with van der Waals surface area (Å²) in [5, 5.41) is 10.0. The molecule has 6 heteroatoms. The molecule has 0 saturated heterocycles. The highest BCUT2D eigenvalue weighted by Crippen LogP contribution is 2.31. The maximum Gasteiger partial charge on any atom is 0.345 e. The first-order chi connectivity index (χ1) is 11.6. The molecule has 0 aromatic heterocycles. The lowest BCUT2D eigenvalue weighted by molar-refractivity contribution is -0.133. The summed E-state index contributed by atoms with van der Waals surface area (Å²) in [5.41, 5.74) is 1.56. The number of rotatable bonds is 4. The number of halogens is 1. The Hall–Kier alpha value is -2.50. The van der Waals surface area contributed by atoms with Crippen molar-refractivity contribution in [3.8, 4) is 17.2 Å². The zero-order chi connectivity index (χ0) is 17.1. The second-order valence-corrected chi connectivity index (χ2v) is 5.41. The van der Waals surface area contributed by atoms with Crippen LogP contribution in [0.4, 0.5) is 0 Å². The van der Waals surface area contributed by atoms with Crippen molar-refractivity contribution < 1.29 is 24.1 Å². The van der Waals surface area contributed by atoms with Gasteiger partial charge in [-0.25, -0.2) is 4.79 Å². The zero-order valence-corrected chi connectivity index (χ0v) is 13.6. The average molecular weight is 347 g/mol. The third-order valence-corrected chi connectivity index (χ3v) is 3.84. The van der Waals surface area contributed by atoms with E-state index >= 15 is 0 Å². The summed E-state index contributed by atoms with van der Waals surface area (Å²) >= 11 is 5.82. The van der Waals surface area contributed by atoms with E-state index in [9.17, 15) is 9.90 Å². The van der Waals surface area contributed by atoms with Crippen molar-refractivity contribution in [3.63, 3.8) is 0 Å². The van der Waals surface area contributed by atoms with E-state index in [1.54, 1.807) is 48.5 Å². The van der Waals surface area contributed by atoms with E-state index in [1.165, 1.54) is 7.11 Å². The predicted octanol–water partition coefficient (Wildman–Crippen LogP) is 3.13. The number of methoxy groups -OCH3 is 1. The topological polar surface area (TPSA) is 65.0 Å². The molecule has 1 aliphatic rings. The van der Waals surface area contributed by atoms with Crippen LogP contribution in [-0.2, 0) is 10.7 Å². The van der Waals surface area contributed by atoms with Gasteiger partial charge in [0.15, 0.2) is 0 Å². The molecular weight excluding hydrogens is 332 g/mol. The molecule has 0 saturated carbocycles. The van der Waals surface area contributed by atoms with Gasteiger partial charge in [0, 0.05) is 17.5 Å². The lowest BCUT2D eigenvalue weighted by Gasteiger charge is -2.22. The van der Waals surface area contributed by atoms with Crippen LogP contribution in [-0.4, -0.2) is 24.5 Å². The molecular formula is C18H15ClO5. The number of carbonyl (C=O) groups is 1. The molecule has 0 radical (unpaired) electrons. The summed E-state index contributed by atoms with van der Waals surface area (Å²) in [6.07, 6.45) is 0.152. The third kappa shape index (κ3) is 3.37. The first-order valence-corrected chi connectivity index (χ1v) is 7.75. The molecule has 1 aliphatic heterocycles. The van der Waals surface area contributed by atoms with Crippen molar-refractivity contribution in [3.05, 3.63) is 59.2 Å². The number of aliphatic hydroxyl groups excluding tert-OH is 1. The molecule has 1 N–H and O–H groups in total. The quantitative estimate of drug-likeness (QED) is 0.523. The van der Waals surface area contributed by atoms with Gasteiger partial charge in [0.25, 0.3) is 0 Å². The van der Waals surface area contributed by atoms with Crippen molar-refractivity contribution >= 4 is 23.6 Å². The van der Waals surface area contributed by atoms with Crippen LogP contribution in [0.15, 0.2) is 48.0 Å². The standard InChI is InChI=1S/C18H15ClO5/c1-22-13-3-2-4-14(9-13)23-17(20)15-8-12-7-11(10-19)5-6-16(12)24-18(15)21/h2-9,18,21H,10H2,1H3. The van der Waals surface area contributed by atoms with Crippen LogP contribution >= 0.6 is 11.6 Å². The Morgan fingerprint density at radius 2 is 2.04 bits per heavy atom. The van der Waals surface area contributed by atoms with E-state index in [0.29, 0.717) is 28.7 Å². The Morgan fingerprint density at radius 3 is 2.79 bits per heavy atom. The van der Waals surface area contributed by atoms with Gasteiger partial charge in [-0.3, -0.25) is 0 Å². The number of carbonyl (C=O) groups excluding carboxylic acids is 1. The van der Waals surface area contributed by atoms with Gasteiger partial charge in [-0.2, -0.15) is 0 Å². The van der Waals surface area contributed by atoms with Crippen LogP contribution in [0.5, 0.6) is 17.2 Å². The Kier molecular flexibility index (Phi) is 4.74. The largest absolute Gasteiger partial charge is 0.497 e. The van der Waals surface area contributed by atoms with Crippen LogP contribution in [0, 0.1) is 0 Å². The number of hydrogen-bond donors (Lipinski definition) is 1. The second-order valence-electron chi connectivity index (χ2n) is 5.14. The van der Waals surface area contributed by atoms with Crippen LogP contribution in [0.25, 0.3) is 6.08 Å². The maximum atomic E-state index is 12.3. The normalized spacial score (nSPS) is 15.8. The molecule has 1 unspecified atom stereocenters. The number of aliphatic hydroxyl groups is 1. The highest BCUT2D eigenvalue weighted by molar-refractivity contribution is 6.17. The van der Waals surface area contributed by atoms with E-state index in [1.807, 2.05) is 0 Å². The van der Waals surface area contributed by atoms with Gasteiger partial charge in [0.2, 0.25) is 6.29 Å². The lowest BCUT2D eigenvalue weighted by Crippen LogP contribution is -2.29. The number of fused-ring (bicyclic) bond motifs is 1. The van der Waals surface area contributed by atoms with E-state index in [-0.39, 0.29) is 5.57 Å². The number of esters is 1. The van der Waals surface area contributed by atoms with Gasteiger partial charge >= 0.3 is 5.97 Å². The minimum Gasteiger partial charge on any atom is -0.497 e. The Morgan fingerprint density at radius 1 is 1.25 bits per heavy atom. The number of benzene rings is 2. The molecule has 1 heterocycles. The molecule has 3 rings (SSSR count). The van der Waals surface area contributed by atoms with Crippen molar-refractivity contribution in [1.82, 2.24) is 0 Å². The number of hydrogen-bond acceptors (Lipinski definition) is 5. The van der Waals surface area contributed by atoms with Crippen molar-refractivity contribution in [2.75, 3.05) is 7.11 Å². The van der Waals surface area contributed by atoms with Crippen molar-refractivity contribution in [1.29, 1.82) is 0 Å². The average Bonchev–Trinajstić information content (AvgIpc) is 2.60. The Bertz CT molecular complexity index is 800. The highest BCUT2D eigenvalue weighted by Gasteiger charge is 2.27. The van der Waals surface area contributed by atoms with Crippen LogP contribution in [0.1, 0.15) is 11.1 Å². The summed E-state index contributed by atoms with van der Waals surface area (Å²) in [7, 11) is 1.52. The fourth-order valence-electron chi connectivity index (χ4n) is 2.31. The minimum absolute atomic E-state index is 0.0112. The molecule has 2 aromatic carbocycles. The monoisotopic (exact) mass is 346 g/mol.